The lowest BCUT2D eigenvalue weighted by Crippen LogP contribution is -2.36. The molecular weight excluding hydrogens is 374 g/mol. The molecule has 6 N–H and O–H groups in total. The number of nitrogens with one attached hydrogen (secondary N) is 4. The molecule has 28 heavy (non-hydrogen) atoms. The predicted molar refractivity (Wildman–Crippen MR) is 122 cm³/mol. The summed E-state index contributed by atoms with van der Waals surface area (Å²) in [6.07, 6.45) is 11.6. The summed E-state index contributed by atoms with van der Waals surface area (Å²) < 4.78 is 0. The van der Waals surface area contributed by atoms with Gasteiger partial charge in [-0.05, 0) is 44.9 Å². The topological polar surface area (TPSA) is 89.7 Å². The van der Waals surface area contributed by atoms with Gasteiger partial charge >= 0.3 is 0 Å². The highest BCUT2D eigenvalue weighted by Crippen LogP contribution is 2.09. The molecule has 0 aromatic rings. The van der Waals surface area contributed by atoms with Gasteiger partial charge in [0.1, 0.15) is 11.7 Å². The predicted octanol–water partition coefficient (Wildman–Crippen LogP) is 2.93. The van der Waals surface area contributed by atoms with Crippen molar-refractivity contribution in [2.24, 2.45) is 16.8 Å². The zero-order valence-electron chi connectivity index (χ0n) is 18.1. The molecule has 0 saturated carbocycles. The number of nitrogens with two attached hydrogens (primary N) is 1. The van der Waals surface area contributed by atoms with Crippen LogP contribution in [-0.2, 0) is 0 Å². The van der Waals surface area contributed by atoms with Gasteiger partial charge in [-0.1, -0.05) is 37.6 Å². The highest BCUT2D eigenvalue weighted by Gasteiger charge is 2.05. The Balaban J connectivity index is 5.41. The fourth-order valence-corrected chi connectivity index (χ4v) is 2.21. The maximum Gasteiger partial charge on any atom is 0.128 e. The van der Waals surface area contributed by atoms with E-state index in [1.807, 2.05) is 64.3 Å². The maximum atomic E-state index is 6.19. The highest BCUT2D eigenvalue weighted by molar-refractivity contribution is 6.29. The SMILES string of the molecule is C/C=C(\C=C(\Cl)CC)NC(/C=C(/N/C=C/C(C)CCNN)N(C)NC)=N/CC. The van der Waals surface area contributed by atoms with Crippen molar-refractivity contribution in [3.05, 3.63) is 47.1 Å². The number of rotatable bonds is 13. The first-order chi connectivity index (χ1) is 13.4. The van der Waals surface area contributed by atoms with Gasteiger partial charge < -0.3 is 10.6 Å². The Hall–Kier alpha value is -1.80. The van der Waals surface area contributed by atoms with Gasteiger partial charge in [-0.3, -0.25) is 21.3 Å². The van der Waals surface area contributed by atoms with Gasteiger partial charge in [-0.2, -0.15) is 0 Å². The van der Waals surface area contributed by atoms with Crippen LogP contribution in [0.15, 0.2) is 52.0 Å². The fraction of sp³-hybridized carbons (Fsp3) is 0.550. The van der Waals surface area contributed by atoms with E-state index in [2.05, 4.69) is 39.5 Å². The summed E-state index contributed by atoms with van der Waals surface area (Å²) in [5.41, 5.74) is 6.69. The third-order valence-corrected chi connectivity index (χ3v) is 4.31. The van der Waals surface area contributed by atoms with E-state index in [9.17, 15) is 0 Å². The molecule has 0 rings (SSSR count). The summed E-state index contributed by atoms with van der Waals surface area (Å²) in [6.45, 7) is 9.58. The standard InChI is InChI=1S/C20H38ClN7/c1-7-17(21)14-18(8-2)27-19(24-9-3)15-20(28(6)23-5)25-12-10-16(4)11-13-26-22/h8,10,12,14-16,23,25-26H,7,9,11,13,22H2,1-6H3,(H,24,27)/b12-10+,17-14+,18-8+,20-15-. The number of halogens is 1. The lowest BCUT2D eigenvalue weighted by Gasteiger charge is -2.22. The van der Waals surface area contributed by atoms with Gasteiger partial charge in [0, 0.05) is 44.0 Å². The van der Waals surface area contributed by atoms with E-state index >= 15 is 0 Å². The largest absolute Gasteiger partial charge is 0.348 e. The Kier molecular flexibility index (Phi) is 15.1. The molecule has 0 aliphatic rings. The summed E-state index contributed by atoms with van der Waals surface area (Å²) in [5, 5.41) is 9.33. The van der Waals surface area contributed by atoms with Gasteiger partial charge in [0.15, 0.2) is 0 Å². The van der Waals surface area contributed by atoms with Crippen LogP contribution in [0.4, 0.5) is 0 Å². The summed E-state index contributed by atoms with van der Waals surface area (Å²) in [5.74, 6) is 7.33. The minimum atomic E-state index is 0.405. The molecule has 0 fully saturated rings. The summed E-state index contributed by atoms with van der Waals surface area (Å²) in [6, 6.07) is 0. The van der Waals surface area contributed by atoms with Crippen molar-refractivity contribution in [1.82, 2.24) is 26.5 Å². The fourth-order valence-electron chi connectivity index (χ4n) is 2.09. The van der Waals surface area contributed by atoms with E-state index in [1.54, 1.807) is 0 Å². The third kappa shape index (κ3) is 11.8. The van der Waals surface area contributed by atoms with Gasteiger partial charge in [-0.25, -0.2) is 5.43 Å². The normalized spacial score (nSPS) is 15.1. The van der Waals surface area contributed by atoms with Crippen LogP contribution in [0, 0.1) is 5.92 Å². The van der Waals surface area contributed by atoms with Crippen LogP contribution in [0.3, 0.4) is 0 Å². The number of amidine groups is 1. The van der Waals surface area contributed by atoms with Gasteiger partial charge in [0.05, 0.1) is 0 Å². The van der Waals surface area contributed by atoms with E-state index in [1.165, 1.54) is 0 Å². The molecular formula is C20H38ClN7. The molecule has 1 unspecified atom stereocenters. The summed E-state index contributed by atoms with van der Waals surface area (Å²) in [4.78, 5) is 4.56. The molecule has 0 saturated heterocycles. The Labute approximate surface area is 175 Å². The van der Waals surface area contributed by atoms with Crippen LogP contribution in [0.1, 0.15) is 40.5 Å². The van der Waals surface area contributed by atoms with Crippen LogP contribution >= 0.6 is 11.6 Å². The average Bonchev–Trinajstić information content (AvgIpc) is 2.69. The molecule has 0 aliphatic heterocycles. The second kappa shape index (κ2) is 16.2. The molecule has 0 aromatic heterocycles. The van der Waals surface area contributed by atoms with Crippen LogP contribution in [-0.4, -0.2) is 38.0 Å². The number of allylic oxidation sites excluding steroid dienone is 4. The zero-order valence-corrected chi connectivity index (χ0v) is 18.9. The second-order valence-electron chi connectivity index (χ2n) is 6.21. The van der Waals surface area contributed by atoms with E-state index < -0.39 is 0 Å². The third-order valence-electron chi connectivity index (χ3n) is 3.93. The van der Waals surface area contributed by atoms with Crippen LogP contribution < -0.4 is 27.3 Å². The molecule has 0 aromatic carbocycles. The second-order valence-corrected chi connectivity index (χ2v) is 6.69. The Bertz CT molecular complexity index is 579. The molecule has 0 bridgehead atoms. The van der Waals surface area contributed by atoms with Gasteiger partial charge in [-0.15, -0.1) is 0 Å². The van der Waals surface area contributed by atoms with Crippen molar-refractivity contribution in [2.75, 3.05) is 27.2 Å². The number of hydrogen-bond acceptors (Lipinski definition) is 6. The lowest BCUT2D eigenvalue weighted by atomic mass is 10.1. The molecule has 0 amide bonds. The van der Waals surface area contributed by atoms with Crippen molar-refractivity contribution < 1.29 is 0 Å². The molecule has 0 heterocycles. The Morgan fingerprint density at radius 2 is 2.00 bits per heavy atom. The van der Waals surface area contributed by atoms with Crippen molar-refractivity contribution in [2.45, 2.75) is 40.5 Å². The molecule has 0 aliphatic carbocycles. The first kappa shape index (κ1) is 26.2. The van der Waals surface area contributed by atoms with Crippen molar-refractivity contribution >= 4 is 17.4 Å². The number of hydrazine groups is 2. The van der Waals surface area contributed by atoms with Crippen molar-refractivity contribution in [3.63, 3.8) is 0 Å². The van der Waals surface area contributed by atoms with Crippen molar-refractivity contribution in [1.29, 1.82) is 0 Å². The van der Waals surface area contributed by atoms with E-state index in [0.717, 1.165) is 41.8 Å². The first-order valence-electron chi connectivity index (χ1n) is 9.74. The minimum absolute atomic E-state index is 0.405. The Morgan fingerprint density at radius 3 is 2.54 bits per heavy atom. The molecule has 7 nitrogen and oxygen atoms in total. The van der Waals surface area contributed by atoms with E-state index in [-0.39, 0.29) is 0 Å². The average molecular weight is 412 g/mol. The Morgan fingerprint density at radius 1 is 1.29 bits per heavy atom. The zero-order chi connectivity index (χ0) is 21.4. The molecule has 0 radical (unpaired) electrons. The molecule has 160 valence electrons. The summed E-state index contributed by atoms with van der Waals surface area (Å²) in [7, 11) is 3.79. The van der Waals surface area contributed by atoms with Crippen LogP contribution in [0.2, 0.25) is 0 Å². The van der Waals surface area contributed by atoms with Crippen LogP contribution in [0.25, 0.3) is 0 Å². The van der Waals surface area contributed by atoms with Gasteiger partial charge in [0.25, 0.3) is 0 Å². The number of aliphatic imine (C=N–C) groups is 1. The number of nitrogens with zero attached hydrogens (tertiary/aromatic N) is 2. The van der Waals surface area contributed by atoms with E-state index in [4.69, 9.17) is 17.4 Å². The van der Waals surface area contributed by atoms with Crippen LogP contribution in [0.5, 0.6) is 0 Å². The lowest BCUT2D eigenvalue weighted by molar-refractivity contribution is 0.317. The molecule has 8 heteroatoms. The summed E-state index contributed by atoms with van der Waals surface area (Å²) >= 11 is 6.19. The maximum absolute atomic E-state index is 6.19. The molecule has 0 spiro atoms. The first-order valence-corrected chi connectivity index (χ1v) is 10.1. The van der Waals surface area contributed by atoms with Gasteiger partial charge in [0.2, 0.25) is 0 Å². The van der Waals surface area contributed by atoms with E-state index in [0.29, 0.717) is 12.5 Å². The smallest absolute Gasteiger partial charge is 0.128 e. The van der Waals surface area contributed by atoms with Crippen molar-refractivity contribution in [3.8, 4) is 0 Å². The molecule has 1 atom stereocenters. The highest BCUT2D eigenvalue weighted by atomic mass is 35.5. The number of hydrogen-bond donors (Lipinski definition) is 5. The monoisotopic (exact) mass is 411 g/mol. The quantitative estimate of drug-likeness (QED) is 0.105. The minimum Gasteiger partial charge on any atom is -0.348 e.